The van der Waals surface area contributed by atoms with Crippen LogP contribution in [0.2, 0.25) is 0 Å². The molecule has 0 radical (unpaired) electrons. The number of benzene rings is 2. The smallest absolute Gasteiger partial charge is 0.246 e. The lowest BCUT2D eigenvalue weighted by molar-refractivity contribution is -0.122. The summed E-state index contributed by atoms with van der Waals surface area (Å²) < 4.78 is 11.2. The lowest BCUT2D eigenvalue weighted by Crippen LogP contribution is -2.39. The molecule has 7 heteroatoms. The van der Waals surface area contributed by atoms with Crippen molar-refractivity contribution in [1.82, 2.24) is 20.4 Å². The van der Waals surface area contributed by atoms with Gasteiger partial charge in [0.25, 0.3) is 0 Å². The molecule has 0 fully saturated rings. The van der Waals surface area contributed by atoms with Crippen LogP contribution in [0, 0.1) is 0 Å². The average molecular weight is 378 g/mol. The van der Waals surface area contributed by atoms with Crippen LogP contribution in [0.5, 0.6) is 5.75 Å². The van der Waals surface area contributed by atoms with Crippen molar-refractivity contribution in [2.24, 2.45) is 0 Å². The van der Waals surface area contributed by atoms with Crippen molar-refractivity contribution in [1.29, 1.82) is 0 Å². The molecule has 0 saturated carbocycles. The first-order valence-electron chi connectivity index (χ1n) is 9.29. The van der Waals surface area contributed by atoms with Gasteiger partial charge in [-0.2, -0.15) is 4.98 Å². The van der Waals surface area contributed by atoms with Crippen LogP contribution in [0.4, 0.5) is 0 Å². The van der Waals surface area contributed by atoms with Crippen LogP contribution < -0.4 is 10.1 Å². The van der Waals surface area contributed by atoms with E-state index in [-0.39, 0.29) is 25.1 Å². The van der Waals surface area contributed by atoms with Gasteiger partial charge < -0.3 is 14.6 Å². The summed E-state index contributed by atoms with van der Waals surface area (Å²) in [6.07, 6.45) is 0.0146. The summed E-state index contributed by atoms with van der Waals surface area (Å²) in [5.74, 6) is 1.69. The number of carbonyl (C=O) groups excluding carboxylic acids is 1. The highest BCUT2D eigenvalue weighted by Gasteiger charge is 2.21. The van der Waals surface area contributed by atoms with E-state index in [1.165, 1.54) is 0 Å². The van der Waals surface area contributed by atoms with Crippen LogP contribution in [-0.4, -0.2) is 40.1 Å². The Balaban J connectivity index is 1.33. The minimum absolute atomic E-state index is 0.0146. The second-order valence-electron chi connectivity index (χ2n) is 6.86. The largest absolute Gasteiger partial charge is 0.489 e. The Labute approximate surface area is 163 Å². The van der Waals surface area contributed by atoms with E-state index in [1.807, 2.05) is 61.5 Å². The molecule has 0 bridgehead atoms. The second kappa shape index (κ2) is 8.22. The lowest BCUT2D eigenvalue weighted by Gasteiger charge is -2.20. The molecule has 0 spiro atoms. The van der Waals surface area contributed by atoms with E-state index in [2.05, 4.69) is 20.4 Å². The van der Waals surface area contributed by atoms with Crippen LogP contribution in [0.25, 0.3) is 11.4 Å². The van der Waals surface area contributed by atoms with Crippen molar-refractivity contribution < 1.29 is 14.1 Å². The number of aromatic nitrogens is 2. The highest BCUT2D eigenvalue weighted by atomic mass is 16.5. The van der Waals surface area contributed by atoms with Gasteiger partial charge in [0.2, 0.25) is 17.6 Å². The van der Waals surface area contributed by atoms with Crippen molar-refractivity contribution in [2.75, 3.05) is 13.1 Å². The van der Waals surface area contributed by atoms with Gasteiger partial charge in [-0.15, -0.1) is 0 Å². The maximum absolute atomic E-state index is 12.4. The quantitative estimate of drug-likeness (QED) is 0.735. The van der Waals surface area contributed by atoms with E-state index in [4.69, 9.17) is 9.26 Å². The normalized spacial score (nSPS) is 16.7. The maximum Gasteiger partial charge on any atom is 0.246 e. The topological polar surface area (TPSA) is 80.5 Å². The first kappa shape index (κ1) is 18.2. The number of hydrogen-bond acceptors (Lipinski definition) is 6. The van der Waals surface area contributed by atoms with Crippen LogP contribution in [0.3, 0.4) is 0 Å². The van der Waals surface area contributed by atoms with Crippen molar-refractivity contribution >= 4 is 5.91 Å². The molecule has 1 aromatic heterocycles. The summed E-state index contributed by atoms with van der Waals surface area (Å²) >= 11 is 0. The van der Waals surface area contributed by atoms with Gasteiger partial charge in [-0.1, -0.05) is 53.7 Å². The minimum Gasteiger partial charge on any atom is -0.489 e. The molecule has 3 aromatic rings. The molecule has 7 nitrogen and oxygen atoms in total. The number of carbonyl (C=O) groups is 1. The Bertz CT molecular complexity index is 942. The molecule has 1 amide bonds. The third-order valence-electron chi connectivity index (χ3n) is 4.51. The van der Waals surface area contributed by atoms with Gasteiger partial charge in [0.05, 0.1) is 13.1 Å². The molecule has 1 N–H and O–H groups in total. The first-order valence-corrected chi connectivity index (χ1v) is 9.29. The summed E-state index contributed by atoms with van der Waals surface area (Å²) in [7, 11) is 0. The number of nitrogens with zero attached hydrogens (tertiary/aromatic N) is 3. The van der Waals surface area contributed by atoms with Gasteiger partial charge in [-0.3, -0.25) is 9.69 Å². The fraction of sp³-hybridized carbons (Fsp3) is 0.286. The predicted molar refractivity (Wildman–Crippen MR) is 103 cm³/mol. The van der Waals surface area contributed by atoms with E-state index in [9.17, 15) is 4.79 Å². The molecule has 0 saturated heterocycles. The molecule has 144 valence electrons. The number of rotatable bonds is 5. The molecule has 2 aromatic carbocycles. The zero-order chi connectivity index (χ0) is 19.3. The fourth-order valence-electron chi connectivity index (χ4n) is 3.26. The highest BCUT2D eigenvalue weighted by molar-refractivity contribution is 5.78. The summed E-state index contributed by atoms with van der Waals surface area (Å²) in [6, 6.07) is 17.5. The minimum atomic E-state index is -0.0916. The second-order valence-corrected chi connectivity index (χ2v) is 6.86. The third kappa shape index (κ3) is 4.37. The van der Waals surface area contributed by atoms with Gasteiger partial charge in [0.1, 0.15) is 11.9 Å². The van der Waals surface area contributed by atoms with Crippen molar-refractivity contribution in [2.45, 2.75) is 26.1 Å². The highest BCUT2D eigenvalue weighted by Crippen LogP contribution is 2.24. The van der Waals surface area contributed by atoms with E-state index in [0.29, 0.717) is 24.8 Å². The van der Waals surface area contributed by atoms with Gasteiger partial charge in [0, 0.05) is 24.2 Å². The van der Waals surface area contributed by atoms with E-state index < -0.39 is 0 Å². The molecule has 28 heavy (non-hydrogen) atoms. The van der Waals surface area contributed by atoms with Gasteiger partial charge >= 0.3 is 0 Å². The number of para-hydroxylation sites is 1. The van der Waals surface area contributed by atoms with E-state index >= 15 is 0 Å². The Morgan fingerprint density at radius 3 is 2.82 bits per heavy atom. The Hall–Kier alpha value is -3.19. The lowest BCUT2D eigenvalue weighted by atomic mass is 10.2. The van der Waals surface area contributed by atoms with E-state index in [0.717, 1.165) is 16.9 Å². The first-order chi connectivity index (χ1) is 13.7. The molecule has 4 rings (SSSR count). The third-order valence-corrected chi connectivity index (χ3v) is 4.51. The Morgan fingerprint density at radius 2 is 1.96 bits per heavy atom. The monoisotopic (exact) mass is 378 g/mol. The Kier molecular flexibility index (Phi) is 5.34. The number of ether oxygens (including phenoxy) is 1. The van der Waals surface area contributed by atoms with Crippen molar-refractivity contribution in [3.05, 3.63) is 66.1 Å². The van der Waals surface area contributed by atoms with Crippen LogP contribution in [0.1, 0.15) is 18.4 Å². The summed E-state index contributed by atoms with van der Waals surface area (Å²) in [5.41, 5.74) is 1.96. The summed E-state index contributed by atoms with van der Waals surface area (Å²) in [4.78, 5) is 18.8. The predicted octanol–water partition coefficient (Wildman–Crippen LogP) is 2.64. The van der Waals surface area contributed by atoms with Crippen LogP contribution in [0.15, 0.2) is 59.1 Å². The molecule has 1 aliphatic heterocycles. The number of amides is 1. The van der Waals surface area contributed by atoms with Gasteiger partial charge in [-0.25, -0.2) is 0 Å². The van der Waals surface area contributed by atoms with Crippen molar-refractivity contribution in [3.8, 4) is 17.1 Å². The van der Waals surface area contributed by atoms with Gasteiger partial charge in [-0.05, 0) is 13.0 Å². The summed E-state index contributed by atoms with van der Waals surface area (Å²) in [6.45, 7) is 3.85. The zero-order valence-electron chi connectivity index (χ0n) is 15.7. The number of nitrogens with one attached hydrogen (secondary N) is 1. The maximum atomic E-state index is 12.4. The van der Waals surface area contributed by atoms with Crippen LogP contribution in [-0.2, 0) is 17.9 Å². The molecular weight excluding hydrogens is 356 g/mol. The van der Waals surface area contributed by atoms with Gasteiger partial charge in [0.15, 0.2) is 0 Å². The molecule has 0 unspecified atom stereocenters. The number of hydrogen-bond donors (Lipinski definition) is 1. The fourth-order valence-corrected chi connectivity index (χ4v) is 3.26. The molecule has 2 heterocycles. The Morgan fingerprint density at radius 1 is 1.18 bits per heavy atom. The molecular formula is C21H22N4O3. The average Bonchev–Trinajstić information content (AvgIpc) is 3.11. The van der Waals surface area contributed by atoms with Crippen LogP contribution >= 0.6 is 0 Å². The molecule has 1 aliphatic rings. The number of fused-ring (bicyclic) bond motifs is 1. The summed E-state index contributed by atoms with van der Waals surface area (Å²) in [5, 5.41) is 6.82. The standard InChI is InChI=1S/C21H22N4O3/c1-15-12-25(13-17-9-5-6-10-18(17)27-15)14-19(26)22-11-20-23-21(24-28-20)16-7-3-2-4-8-16/h2-10,15H,11-14H2,1H3,(H,22,26)/t15-/m0/s1. The zero-order valence-corrected chi connectivity index (χ0v) is 15.7. The molecule has 0 aliphatic carbocycles. The van der Waals surface area contributed by atoms with E-state index in [1.54, 1.807) is 0 Å². The SMILES string of the molecule is C[C@H]1CN(CC(=O)NCc2nc(-c3ccccc3)no2)Cc2ccccc2O1. The van der Waals surface area contributed by atoms with Crippen molar-refractivity contribution in [3.63, 3.8) is 0 Å². The molecule has 1 atom stereocenters.